The monoisotopic (exact) mass is 877 g/mol. The van der Waals surface area contributed by atoms with Crippen molar-refractivity contribution >= 4 is 58.2 Å². The molecule has 3 aliphatic heterocycles. The van der Waals surface area contributed by atoms with Crippen LogP contribution in [0.4, 0.5) is 0 Å². The third kappa shape index (κ3) is 10.6. The van der Waals surface area contributed by atoms with Crippen molar-refractivity contribution < 1.29 is 53.7 Å². The number of likely N-dealkylation sites (tertiary alicyclic amines) is 3. The Kier molecular flexibility index (Phi) is 15.1. The van der Waals surface area contributed by atoms with Crippen molar-refractivity contribution in [3.05, 3.63) is 54.2 Å². The van der Waals surface area contributed by atoms with Crippen molar-refractivity contribution in [2.24, 2.45) is 5.73 Å². The first-order valence-electron chi connectivity index (χ1n) is 21.1. The molecule has 2 aromatic heterocycles. The number of aliphatic hydroxyl groups is 2. The molecule has 7 amide bonds. The number of carbonyl (C=O) groups excluding carboxylic acids is 7. The summed E-state index contributed by atoms with van der Waals surface area (Å²) in [5.41, 5.74) is 8.22. The van der Waals surface area contributed by atoms with Crippen molar-refractivity contribution in [2.45, 2.75) is 107 Å². The number of carbonyl (C=O) groups is 8. The van der Waals surface area contributed by atoms with E-state index in [1.54, 1.807) is 30.6 Å². The van der Waals surface area contributed by atoms with Crippen molar-refractivity contribution in [1.29, 1.82) is 0 Å². The highest BCUT2D eigenvalue weighted by Crippen LogP contribution is 2.26. The number of aromatic nitrogens is 3. The molecular formula is C41H55N11O11. The van der Waals surface area contributed by atoms with Gasteiger partial charge in [0.2, 0.25) is 41.4 Å². The lowest BCUT2D eigenvalue weighted by Crippen LogP contribution is -2.60. The lowest BCUT2D eigenvalue weighted by atomic mass is 10.0. The number of fused-ring (bicyclic) bond motifs is 1. The highest BCUT2D eigenvalue weighted by Gasteiger charge is 2.44. The number of benzene rings is 1. The van der Waals surface area contributed by atoms with Gasteiger partial charge in [-0.05, 0) is 57.1 Å². The molecule has 0 bridgehead atoms. The maximum atomic E-state index is 14.0. The molecule has 0 radical (unpaired) electrons. The summed E-state index contributed by atoms with van der Waals surface area (Å²) in [6.45, 7) is 0.359. The normalized spacial score (nSPS) is 21.0. The van der Waals surface area contributed by atoms with Gasteiger partial charge in [-0.25, -0.2) is 9.78 Å². The molecular weight excluding hydrogens is 823 g/mol. The predicted octanol–water partition coefficient (Wildman–Crippen LogP) is -3.00. The third-order valence-corrected chi connectivity index (χ3v) is 11.9. The smallest absolute Gasteiger partial charge is 0.326 e. The molecule has 3 aromatic rings. The zero-order valence-corrected chi connectivity index (χ0v) is 34.8. The molecule has 0 unspecified atom stereocenters. The van der Waals surface area contributed by atoms with Crippen LogP contribution in [-0.4, -0.2) is 173 Å². The maximum Gasteiger partial charge on any atom is 0.326 e. The average Bonchev–Trinajstić information content (AvgIpc) is 4.14. The van der Waals surface area contributed by atoms with Crippen LogP contribution in [0.3, 0.4) is 0 Å². The molecule has 0 spiro atoms. The predicted molar refractivity (Wildman–Crippen MR) is 222 cm³/mol. The molecule has 0 aliphatic carbocycles. The number of nitrogens with zero attached hydrogens (tertiary/aromatic N) is 4. The van der Waals surface area contributed by atoms with Gasteiger partial charge in [0.15, 0.2) is 0 Å². The van der Waals surface area contributed by atoms with Crippen molar-refractivity contribution in [3.63, 3.8) is 0 Å². The number of aromatic amines is 2. The molecule has 5 heterocycles. The molecule has 1 aromatic carbocycles. The van der Waals surface area contributed by atoms with E-state index in [2.05, 4.69) is 36.2 Å². The molecule has 63 heavy (non-hydrogen) atoms. The number of H-pyrrole nitrogens is 2. The molecule has 8 atom stereocenters. The highest BCUT2D eigenvalue weighted by molar-refractivity contribution is 5.98. The summed E-state index contributed by atoms with van der Waals surface area (Å²) >= 11 is 0. The Morgan fingerprint density at radius 3 is 1.95 bits per heavy atom. The van der Waals surface area contributed by atoms with Crippen LogP contribution in [0.15, 0.2) is 43.0 Å². The fourth-order valence-corrected chi connectivity index (χ4v) is 8.56. The highest BCUT2D eigenvalue weighted by atomic mass is 16.4. The van der Waals surface area contributed by atoms with Gasteiger partial charge in [-0.3, -0.25) is 33.6 Å². The van der Waals surface area contributed by atoms with Gasteiger partial charge in [-0.1, -0.05) is 18.2 Å². The summed E-state index contributed by atoms with van der Waals surface area (Å²) in [5, 5.41) is 40.4. The molecule has 3 fully saturated rings. The van der Waals surface area contributed by atoms with E-state index < -0.39 is 109 Å². The number of para-hydroxylation sites is 1. The number of hydrogen-bond acceptors (Lipinski definition) is 12. The summed E-state index contributed by atoms with van der Waals surface area (Å²) in [5.74, 6) is -6.14. The summed E-state index contributed by atoms with van der Waals surface area (Å²) < 4.78 is 0. The molecule has 22 nitrogen and oxygen atoms in total. The molecule has 11 N–H and O–H groups in total. The topological polar surface area (TPSA) is 326 Å². The van der Waals surface area contributed by atoms with Crippen molar-refractivity contribution in [1.82, 2.24) is 50.9 Å². The minimum atomic E-state index is -1.65. The van der Waals surface area contributed by atoms with Gasteiger partial charge >= 0.3 is 5.97 Å². The van der Waals surface area contributed by atoms with Gasteiger partial charge in [0.05, 0.1) is 25.6 Å². The third-order valence-electron chi connectivity index (χ3n) is 11.9. The van der Waals surface area contributed by atoms with Gasteiger partial charge < -0.3 is 67.0 Å². The molecule has 22 heteroatoms. The summed E-state index contributed by atoms with van der Waals surface area (Å²) in [4.78, 5) is 121. The van der Waals surface area contributed by atoms with Crippen LogP contribution in [0.1, 0.15) is 56.7 Å². The Morgan fingerprint density at radius 1 is 0.746 bits per heavy atom. The van der Waals surface area contributed by atoms with Crippen molar-refractivity contribution in [3.8, 4) is 0 Å². The molecule has 0 saturated carbocycles. The molecule has 340 valence electrons. The second-order valence-corrected chi connectivity index (χ2v) is 16.1. The number of nitrogens with two attached hydrogens (primary N) is 1. The van der Waals surface area contributed by atoms with E-state index >= 15 is 0 Å². The van der Waals surface area contributed by atoms with Gasteiger partial charge in [-0.2, -0.15) is 0 Å². The van der Waals surface area contributed by atoms with Crippen LogP contribution < -0.4 is 27.0 Å². The second-order valence-electron chi connectivity index (χ2n) is 16.1. The van der Waals surface area contributed by atoms with Gasteiger partial charge in [0, 0.05) is 61.5 Å². The fraction of sp³-hybridized carbons (Fsp3) is 0.537. The Balaban J connectivity index is 1.01. The first-order valence-corrected chi connectivity index (χ1v) is 21.1. The van der Waals surface area contributed by atoms with E-state index in [-0.39, 0.29) is 32.4 Å². The molecule has 3 aliphatic rings. The lowest BCUT2D eigenvalue weighted by Gasteiger charge is -2.33. The second kappa shape index (κ2) is 20.7. The zero-order chi connectivity index (χ0) is 45.4. The minimum absolute atomic E-state index is 0.112. The summed E-state index contributed by atoms with van der Waals surface area (Å²) in [6, 6.07) is -2.32. The zero-order valence-electron chi connectivity index (χ0n) is 34.8. The number of imidazole rings is 1. The first-order chi connectivity index (χ1) is 30.2. The number of nitrogens with one attached hydrogen (secondary N) is 6. The van der Waals surface area contributed by atoms with Crippen LogP contribution in [0.25, 0.3) is 10.9 Å². The number of hydrogen-bond donors (Lipinski definition) is 10. The van der Waals surface area contributed by atoms with E-state index in [9.17, 15) is 53.7 Å². The largest absolute Gasteiger partial charge is 0.480 e. The summed E-state index contributed by atoms with van der Waals surface area (Å²) in [6.07, 6.45) is 7.12. The van der Waals surface area contributed by atoms with Gasteiger partial charge in [0.25, 0.3) is 0 Å². The molecule has 6 rings (SSSR count). The Labute approximate surface area is 361 Å². The number of amides is 7. The van der Waals surface area contributed by atoms with E-state index in [4.69, 9.17) is 5.73 Å². The van der Waals surface area contributed by atoms with Crippen LogP contribution in [0.5, 0.6) is 0 Å². The molecule has 3 saturated heterocycles. The van der Waals surface area contributed by atoms with Crippen molar-refractivity contribution in [2.75, 3.05) is 32.8 Å². The average molecular weight is 878 g/mol. The van der Waals surface area contributed by atoms with E-state index in [1.807, 2.05) is 6.07 Å². The number of aliphatic hydroxyl groups excluding tert-OH is 2. The van der Waals surface area contributed by atoms with E-state index in [1.165, 1.54) is 28.0 Å². The lowest BCUT2D eigenvalue weighted by molar-refractivity contribution is -0.148. The quantitative estimate of drug-likeness (QED) is 0.0610. The van der Waals surface area contributed by atoms with Gasteiger partial charge in [-0.15, -0.1) is 0 Å². The Morgan fingerprint density at radius 2 is 1.32 bits per heavy atom. The van der Waals surface area contributed by atoms with Crippen LogP contribution in [-0.2, 0) is 51.2 Å². The summed E-state index contributed by atoms with van der Waals surface area (Å²) in [7, 11) is 0. The van der Waals surface area contributed by atoms with E-state index in [0.717, 1.165) is 10.9 Å². The van der Waals surface area contributed by atoms with Crippen LogP contribution in [0, 0.1) is 0 Å². The fourth-order valence-electron chi connectivity index (χ4n) is 8.56. The van der Waals surface area contributed by atoms with Gasteiger partial charge in [0.1, 0.15) is 42.3 Å². The van der Waals surface area contributed by atoms with E-state index in [0.29, 0.717) is 49.9 Å². The Hall–Kier alpha value is -6.39. The number of rotatable bonds is 18. The van der Waals surface area contributed by atoms with Crippen LogP contribution in [0.2, 0.25) is 0 Å². The number of carboxylic acids is 1. The minimum Gasteiger partial charge on any atom is -0.480 e. The van der Waals surface area contributed by atoms with Crippen LogP contribution >= 0.6 is 0 Å². The Bertz CT molecular complexity index is 2160. The SMILES string of the molecule is C[C@H](NC(=O)[C@@H]1CCCN1C(=O)[C@@H](N)Cc1cnc[nH]1)C(=O)N1CCC[C@H]1C(=O)N1CCC[C@H]1C(=O)N[C@@H](CO)C(=O)N[C@@H](CO)C(=O)N[C@@H](Cc1c[nH]c2ccccc12)C(=O)O. The standard InChI is InChI=1S/C41H55N11O11/c1-22(46-36(57)31-9-4-12-50(31)39(60)26(42)16-24-18-43-21-45-24)38(59)52-14-6-11-33(52)40(61)51-13-5-10-32(51)37(58)49-30(20-54)35(56)48-29(19-53)34(55)47-28(41(62)63)15-23-17-44-27-8-3-2-7-25(23)27/h2-3,7-8,17-18,21-22,26,28-33,44,53-54H,4-6,9-16,19-20,42H2,1H3,(H,43,45)(H,46,57)(H,47,55)(H,48,56)(H,49,58)(H,62,63)/t22-,26-,28-,29-,30-,31-,32-,33-/m0/s1. The number of carboxylic acid groups (broad SMARTS) is 1. The number of aliphatic carboxylic acids is 1. The first kappa shape index (κ1) is 46.1. The maximum absolute atomic E-state index is 14.0.